The zero-order valence-electron chi connectivity index (χ0n) is 7.94. The molecule has 5 N–H and O–H groups in total. The van der Waals surface area contributed by atoms with E-state index in [0.717, 1.165) is 0 Å². The maximum atomic E-state index is 10.7. The quantitative estimate of drug-likeness (QED) is 0.658. The fourth-order valence-electron chi connectivity index (χ4n) is 1.41. The molecule has 0 radical (unpaired) electrons. The second kappa shape index (κ2) is 3.76. The molecular formula is C9H8BrN3O3. The molecule has 7 heteroatoms. The fourth-order valence-corrected chi connectivity index (χ4v) is 1.96. The topological polar surface area (TPSA) is 112 Å². The number of aromatic amines is 1. The number of hydrogen-bond acceptors (Lipinski definition) is 4. The summed E-state index contributed by atoms with van der Waals surface area (Å²) in [5.41, 5.74) is 6.90. The number of carbonyl (C=O) groups is 1. The van der Waals surface area contributed by atoms with Gasteiger partial charge in [0.2, 0.25) is 0 Å². The summed E-state index contributed by atoms with van der Waals surface area (Å²) in [6, 6.07) is 3.10. The summed E-state index contributed by atoms with van der Waals surface area (Å²) in [5, 5.41) is 18.2. The van der Waals surface area contributed by atoms with E-state index in [9.17, 15) is 9.90 Å². The molecule has 0 amide bonds. The molecule has 1 heterocycles. The average molecular weight is 286 g/mol. The van der Waals surface area contributed by atoms with Gasteiger partial charge in [-0.15, -0.1) is 0 Å². The molecule has 0 aliphatic heterocycles. The number of H-pyrrole nitrogens is 1. The lowest BCUT2D eigenvalue weighted by atomic mass is 10.1. The van der Waals surface area contributed by atoms with Crippen LogP contribution >= 0.6 is 15.9 Å². The number of aromatic nitrogens is 2. The summed E-state index contributed by atoms with van der Waals surface area (Å²) in [7, 11) is 0. The van der Waals surface area contributed by atoms with Gasteiger partial charge in [0, 0.05) is 10.0 Å². The number of anilines is 1. The number of benzene rings is 1. The summed E-state index contributed by atoms with van der Waals surface area (Å²) in [6.07, 6.45) is -1.58. The highest BCUT2D eigenvalue weighted by Gasteiger charge is 2.20. The summed E-state index contributed by atoms with van der Waals surface area (Å²) >= 11 is 3.18. The minimum Gasteiger partial charge on any atom is -0.479 e. The van der Waals surface area contributed by atoms with Crippen molar-refractivity contribution in [2.75, 3.05) is 5.73 Å². The lowest BCUT2D eigenvalue weighted by Gasteiger charge is -2.07. The van der Waals surface area contributed by atoms with E-state index in [1.807, 2.05) is 0 Å². The largest absolute Gasteiger partial charge is 0.479 e. The summed E-state index contributed by atoms with van der Waals surface area (Å²) < 4.78 is 0.474. The molecule has 2 rings (SSSR count). The molecule has 0 spiro atoms. The number of nitrogens with zero attached hydrogens (tertiary/aromatic N) is 1. The highest BCUT2D eigenvalue weighted by Crippen LogP contribution is 2.28. The van der Waals surface area contributed by atoms with E-state index in [4.69, 9.17) is 10.8 Å². The van der Waals surface area contributed by atoms with E-state index in [1.54, 1.807) is 6.07 Å². The highest BCUT2D eigenvalue weighted by atomic mass is 79.9. The van der Waals surface area contributed by atoms with Crippen molar-refractivity contribution in [3.63, 3.8) is 0 Å². The molecule has 1 unspecified atom stereocenters. The minimum atomic E-state index is -1.58. The Balaban J connectivity index is 2.61. The third-order valence-electron chi connectivity index (χ3n) is 2.15. The van der Waals surface area contributed by atoms with Crippen molar-refractivity contribution in [1.29, 1.82) is 0 Å². The van der Waals surface area contributed by atoms with Gasteiger partial charge in [-0.1, -0.05) is 15.9 Å². The second-order valence-electron chi connectivity index (χ2n) is 3.25. The lowest BCUT2D eigenvalue weighted by Crippen LogP contribution is -2.10. The first-order valence-electron chi connectivity index (χ1n) is 4.34. The van der Waals surface area contributed by atoms with Gasteiger partial charge in [0.15, 0.2) is 12.1 Å². The molecule has 84 valence electrons. The Morgan fingerprint density at radius 1 is 1.56 bits per heavy atom. The van der Waals surface area contributed by atoms with Crippen LogP contribution in [0.2, 0.25) is 0 Å². The molecule has 16 heavy (non-hydrogen) atoms. The lowest BCUT2D eigenvalue weighted by molar-refractivity contribution is -0.147. The van der Waals surface area contributed by atoms with Gasteiger partial charge >= 0.3 is 5.97 Å². The van der Waals surface area contributed by atoms with E-state index >= 15 is 0 Å². The van der Waals surface area contributed by atoms with E-state index in [1.165, 1.54) is 6.07 Å². The predicted molar refractivity (Wildman–Crippen MR) is 60.8 cm³/mol. The number of nitrogen functional groups attached to an aromatic ring is 1. The van der Waals surface area contributed by atoms with Gasteiger partial charge in [-0.05, 0) is 12.1 Å². The number of aliphatic carboxylic acids is 1. The van der Waals surface area contributed by atoms with Crippen molar-refractivity contribution in [3.8, 4) is 0 Å². The van der Waals surface area contributed by atoms with Crippen LogP contribution in [0.4, 0.5) is 5.95 Å². The van der Waals surface area contributed by atoms with Crippen molar-refractivity contribution in [1.82, 2.24) is 9.97 Å². The van der Waals surface area contributed by atoms with Crippen LogP contribution < -0.4 is 5.73 Å². The number of imidazole rings is 1. The molecule has 0 saturated carbocycles. The van der Waals surface area contributed by atoms with Crippen LogP contribution in [0.15, 0.2) is 16.6 Å². The Hall–Kier alpha value is -1.60. The Morgan fingerprint density at radius 3 is 2.88 bits per heavy atom. The van der Waals surface area contributed by atoms with Gasteiger partial charge in [0.25, 0.3) is 0 Å². The zero-order valence-corrected chi connectivity index (χ0v) is 9.52. The third kappa shape index (κ3) is 1.74. The van der Waals surface area contributed by atoms with Crippen molar-refractivity contribution >= 4 is 38.9 Å². The Kier molecular flexibility index (Phi) is 2.56. The van der Waals surface area contributed by atoms with Crippen LogP contribution in [0.3, 0.4) is 0 Å². The van der Waals surface area contributed by atoms with Gasteiger partial charge in [0.1, 0.15) is 0 Å². The molecule has 2 aromatic rings. The first kappa shape index (κ1) is 10.9. The van der Waals surface area contributed by atoms with Gasteiger partial charge in [-0.3, -0.25) is 0 Å². The van der Waals surface area contributed by atoms with Crippen molar-refractivity contribution < 1.29 is 15.0 Å². The number of nitrogens with two attached hydrogens (primary N) is 1. The standard InChI is InChI=1S/C9H8BrN3O3/c10-4-2-6-5(12-9(11)13-6)1-3(4)7(14)8(15)16/h1-2,7,14H,(H,15,16)(H3,11,12,13). The van der Waals surface area contributed by atoms with Crippen LogP contribution in [-0.4, -0.2) is 26.2 Å². The Labute approximate surface area is 98.2 Å². The summed E-state index contributed by atoms with van der Waals surface area (Å²) in [5.74, 6) is -1.07. The molecule has 0 aliphatic carbocycles. The van der Waals surface area contributed by atoms with Crippen LogP contribution in [0.1, 0.15) is 11.7 Å². The van der Waals surface area contributed by atoms with Crippen LogP contribution in [0.25, 0.3) is 11.0 Å². The number of aliphatic hydroxyl groups excluding tert-OH is 1. The first-order valence-corrected chi connectivity index (χ1v) is 5.14. The smallest absolute Gasteiger partial charge is 0.337 e. The van der Waals surface area contributed by atoms with E-state index < -0.39 is 12.1 Å². The molecule has 0 saturated heterocycles. The van der Waals surface area contributed by atoms with Gasteiger partial charge in [-0.25, -0.2) is 9.78 Å². The molecule has 0 fully saturated rings. The van der Waals surface area contributed by atoms with Crippen molar-refractivity contribution in [3.05, 3.63) is 22.2 Å². The number of fused-ring (bicyclic) bond motifs is 1. The summed E-state index contributed by atoms with van der Waals surface area (Å²) in [6.45, 7) is 0. The van der Waals surface area contributed by atoms with Crippen LogP contribution in [0.5, 0.6) is 0 Å². The van der Waals surface area contributed by atoms with E-state index in [0.29, 0.717) is 15.5 Å². The van der Waals surface area contributed by atoms with Crippen molar-refractivity contribution in [2.45, 2.75) is 6.10 Å². The fraction of sp³-hybridized carbons (Fsp3) is 0.111. The van der Waals surface area contributed by atoms with Crippen molar-refractivity contribution in [2.24, 2.45) is 0 Å². The SMILES string of the molecule is Nc1nc2cc(Br)c(C(O)C(=O)O)cc2[nH]1. The highest BCUT2D eigenvalue weighted by molar-refractivity contribution is 9.10. The number of nitrogens with one attached hydrogen (secondary N) is 1. The molecule has 0 bridgehead atoms. The van der Waals surface area contributed by atoms with E-state index in [2.05, 4.69) is 25.9 Å². The Bertz CT molecular complexity index is 566. The molecule has 1 atom stereocenters. The maximum absolute atomic E-state index is 10.7. The van der Waals surface area contributed by atoms with Gasteiger partial charge in [-0.2, -0.15) is 0 Å². The summed E-state index contributed by atoms with van der Waals surface area (Å²) in [4.78, 5) is 17.4. The number of carboxylic acids is 1. The number of halogens is 1. The Morgan fingerprint density at radius 2 is 2.25 bits per heavy atom. The molecule has 0 aliphatic rings. The van der Waals surface area contributed by atoms with Gasteiger partial charge in [0.05, 0.1) is 11.0 Å². The molecule has 1 aromatic heterocycles. The van der Waals surface area contributed by atoms with Gasteiger partial charge < -0.3 is 20.9 Å². The second-order valence-corrected chi connectivity index (χ2v) is 4.11. The van der Waals surface area contributed by atoms with Crippen LogP contribution in [0, 0.1) is 0 Å². The minimum absolute atomic E-state index is 0.240. The monoisotopic (exact) mass is 285 g/mol. The normalized spacial score (nSPS) is 12.9. The number of hydrogen-bond donors (Lipinski definition) is 4. The molecule has 6 nitrogen and oxygen atoms in total. The number of rotatable bonds is 2. The van der Waals surface area contributed by atoms with Crippen LogP contribution in [-0.2, 0) is 4.79 Å². The average Bonchev–Trinajstić information content (AvgIpc) is 2.54. The number of carboxylic acid groups (broad SMARTS) is 1. The predicted octanol–water partition coefficient (Wildman–Crippen LogP) is 1.03. The zero-order chi connectivity index (χ0) is 11.9. The molecular weight excluding hydrogens is 278 g/mol. The third-order valence-corrected chi connectivity index (χ3v) is 2.83. The first-order chi connectivity index (χ1) is 7.49. The molecule has 1 aromatic carbocycles. The maximum Gasteiger partial charge on any atom is 0.337 e. The van der Waals surface area contributed by atoms with E-state index in [-0.39, 0.29) is 11.5 Å². The number of aliphatic hydroxyl groups is 1.